The van der Waals surface area contributed by atoms with Crippen LogP contribution in [0.5, 0.6) is 23.1 Å². The Bertz CT molecular complexity index is 3450. The molecule has 0 saturated carbocycles. The highest BCUT2D eigenvalue weighted by molar-refractivity contribution is 6.98. The van der Waals surface area contributed by atoms with Gasteiger partial charge in [-0.15, -0.1) is 0 Å². The Morgan fingerprint density at radius 1 is 0.464 bits per heavy atom. The van der Waals surface area contributed by atoms with Gasteiger partial charge in [0.2, 0.25) is 11.6 Å². The largest absolute Gasteiger partial charge is 0.458 e. The maximum absolute atomic E-state index is 6.66. The highest BCUT2D eigenvalue weighted by Crippen LogP contribution is 2.42. The Balaban J connectivity index is 0.959. The van der Waals surface area contributed by atoms with Crippen LogP contribution < -0.4 is 25.9 Å². The van der Waals surface area contributed by atoms with Crippen LogP contribution in [0, 0.1) is 0 Å². The van der Waals surface area contributed by atoms with Crippen LogP contribution in [0.4, 0.5) is 0 Å². The number of nitrogens with zero attached hydrogens (tertiary/aromatic N) is 2. The van der Waals surface area contributed by atoms with E-state index in [1.165, 1.54) is 11.1 Å². The zero-order valence-corrected chi connectivity index (χ0v) is 29.7. The molecule has 0 fully saturated rings. The first-order chi connectivity index (χ1) is 27.7. The van der Waals surface area contributed by atoms with Crippen molar-refractivity contribution in [1.82, 2.24) is 9.55 Å². The molecule has 11 aromatic rings. The molecule has 0 saturated heterocycles. The van der Waals surface area contributed by atoms with Crippen LogP contribution in [0.25, 0.3) is 82.9 Å². The number of aromatic nitrogens is 2. The van der Waals surface area contributed by atoms with Crippen molar-refractivity contribution in [2.24, 2.45) is 0 Å². The van der Waals surface area contributed by atoms with Crippen LogP contribution >= 0.6 is 0 Å². The normalized spacial score (nSPS) is 12.9. The van der Waals surface area contributed by atoms with Crippen molar-refractivity contribution < 1.29 is 18.3 Å². The number of hydrogen-bond donors (Lipinski definition) is 0. The minimum atomic E-state index is -0.0249. The molecule has 0 aliphatic carbocycles. The molecular formula is C49H27BN2O4. The summed E-state index contributed by atoms with van der Waals surface area (Å²) in [5, 5.41) is 5.44. The van der Waals surface area contributed by atoms with E-state index in [0.717, 1.165) is 105 Å². The molecule has 6 nitrogen and oxygen atoms in total. The van der Waals surface area contributed by atoms with E-state index in [9.17, 15) is 0 Å². The smallest absolute Gasteiger partial charge is 0.262 e. The van der Waals surface area contributed by atoms with Gasteiger partial charge in [0.15, 0.2) is 0 Å². The van der Waals surface area contributed by atoms with Crippen LogP contribution in [0.2, 0.25) is 0 Å². The number of ether oxygens (including phenoxy) is 2. The summed E-state index contributed by atoms with van der Waals surface area (Å²) in [5.41, 5.74) is 13.1. The molecule has 0 amide bonds. The summed E-state index contributed by atoms with van der Waals surface area (Å²) >= 11 is 0. The molecule has 2 aliphatic rings. The van der Waals surface area contributed by atoms with Gasteiger partial charge in [-0.25, -0.2) is 4.98 Å². The summed E-state index contributed by atoms with van der Waals surface area (Å²) in [4.78, 5) is 4.63. The predicted octanol–water partition coefficient (Wildman–Crippen LogP) is 10.9. The Morgan fingerprint density at radius 3 is 2.12 bits per heavy atom. The molecule has 4 aromatic heterocycles. The minimum absolute atomic E-state index is 0.0249. The third kappa shape index (κ3) is 4.14. The first-order valence-electron chi connectivity index (χ1n) is 18.8. The van der Waals surface area contributed by atoms with Gasteiger partial charge in [-0.2, -0.15) is 0 Å². The summed E-state index contributed by atoms with van der Waals surface area (Å²) in [6.45, 7) is -0.0249. The maximum Gasteiger partial charge on any atom is 0.262 e. The number of benzene rings is 7. The maximum atomic E-state index is 6.66. The van der Waals surface area contributed by atoms with Gasteiger partial charge in [0, 0.05) is 38.9 Å². The van der Waals surface area contributed by atoms with Crippen molar-refractivity contribution in [2.45, 2.75) is 0 Å². The lowest BCUT2D eigenvalue weighted by Gasteiger charge is -2.32. The summed E-state index contributed by atoms with van der Waals surface area (Å²) in [5.74, 6) is 3.03. The molecule has 56 heavy (non-hydrogen) atoms. The van der Waals surface area contributed by atoms with Crippen molar-refractivity contribution in [3.63, 3.8) is 0 Å². The molecule has 7 aromatic carbocycles. The fourth-order valence-electron chi connectivity index (χ4n) is 9.07. The van der Waals surface area contributed by atoms with Crippen molar-refractivity contribution in [3.05, 3.63) is 164 Å². The van der Waals surface area contributed by atoms with Crippen molar-refractivity contribution in [1.29, 1.82) is 0 Å². The number of hydrogen-bond acceptors (Lipinski definition) is 5. The third-order valence-corrected chi connectivity index (χ3v) is 11.6. The molecule has 7 heteroatoms. The van der Waals surface area contributed by atoms with Gasteiger partial charge >= 0.3 is 0 Å². The summed E-state index contributed by atoms with van der Waals surface area (Å²) < 4.78 is 28.1. The van der Waals surface area contributed by atoms with Crippen LogP contribution in [-0.2, 0) is 0 Å². The van der Waals surface area contributed by atoms with Crippen molar-refractivity contribution in [2.75, 3.05) is 0 Å². The van der Waals surface area contributed by atoms with E-state index in [2.05, 4.69) is 137 Å². The molecule has 0 unspecified atom stereocenters. The van der Waals surface area contributed by atoms with Gasteiger partial charge in [-0.3, -0.25) is 4.57 Å². The molecule has 0 radical (unpaired) electrons. The number of para-hydroxylation sites is 2. The molecule has 13 rings (SSSR count). The zero-order valence-electron chi connectivity index (χ0n) is 29.7. The second kappa shape index (κ2) is 11.0. The topological polar surface area (TPSA) is 62.6 Å². The van der Waals surface area contributed by atoms with Crippen LogP contribution in [-0.4, -0.2) is 16.3 Å². The van der Waals surface area contributed by atoms with Crippen LogP contribution in [0.3, 0.4) is 0 Å². The van der Waals surface area contributed by atoms with E-state index in [-0.39, 0.29) is 6.71 Å². The lowest BCUT2D eigenvalue weighted by molar-refractivity contribution is 0.450. The number of fused-ring (bicyclic) bond motifs is 12. The van der Waals surface area contributed by atoms with E-state index < -0.39 is 0 Å². The fourth-order valence-corrected chi connectivity index (χ4v) is 9.07. The van der Waals surface area contributed by atoms with Crippen molar-refractivity contribution in [3.8, 4) is 51.1 Å². The Labute approximate surface area is 319 Å². The second-order valence-electron chi connectivity index (χ2n) is 14.7. The van der Waals surface area contributed by atoms with E-state index in [1.807, 2.05) is 30.3 Å². The van der Waals surface area contributed by atoms with Gasteiger partial charge in [-0.1, -0.05) is 91.0 Å². The van der Waals surface area contributed by atoms with E-state index in [0.29, 0.717) is 5.88 Å². The molecule has 2 aliphatic heterocycles. The van der Waals surface area contributed by atoms with Gasteiger partial charge in [0.05, 0.1) is 10.9 Å². The summed E-state index contributed by atoms with van der Waals surface area (Å²) in [6.07, 6.45) is 1.75. The molecule has 260 valence electrons. The summed E-state index contributed by atoms with van der Waals surface area (Å²) in [6, 6.07) is 55.0. The SMILES string of the molecule is c1ccc(-c2ccc3c(c2)c2c4ccccc4oc2n3-c2ccc3oc4ccc(-c5ccc6c(c5)Oc5nccc7c5B6c5ccccc5O7)cc4c3c2)cc1. The molecule has 0 spiro atoms. The molecule has 6 heterocycles. The number of rotatable bonds is 3. The van der Waals surface area contributed by atoms with Crippen molar-refractivity contribution >= 4 is 78.0 Å². The van der Waals surface area contributed by atoms with E-state index in [4.69, 9.17) is 18.3 Å². The van der Waals surface area contributed by atoms with E-state index in [1.54, 1.807) is 6.20 Å². The highest BCUT2D eigenvalue weighted by atomic mass is 16.5. The van der Waals surface area contributed by atoms with Crippen LogP contribution in [0.15, 0.2) is 173 Å². The zero-order chi connectivity index (χ0) is 36.5. The van der Waals surface area contributed by atoms with Gasteiger partial charge in [0.25, 0.3) is 6.71 Å². The quantitative estimate of drug-likeness (QED) is 0.170. The second-order valence-corrected chi connectivity index (χ2v) is 14.7. The van der Waals surface area contributed by atoms with Gasteiger partial charge in [-0.05, 0) is 99.9 Å². The van der Waals surface area contributed by atoms with E-state index >= 15 is 0 Å². The molecule has 0 N–H and O–H groups in total. The lowest BCUT2D eigenvalue weighted by atomic mass is 9.35. The lowest BCUT2D eigenvalue weighted by Crippen LogP contribution is -2.57. The monoisotopic (exact) mass is 718 g/mol. The molecule has 0 atom stereocenters. The average molecular weight is 719 g/mol. The highest BCUT2D eigenvalue weighted by Gasteiger charge is 2.40. The Morgan fingerprint density at radius 2 is 1.18 bits per heavy atom. The Hall–Kier alpha value is -7.51. The number of pyridine rings is 1. The fraction of sp³-hybridized carbons (Fsp3) is 0. The Kier molecular flexibility index (Phi) is 5.89. The predicted molar refractivity (Wildman–Crippen MR) is 224 cm³/mol. The number of furan rings is 2. The molecular weight excluding hydrogens is 691 g/mol. The minimum Gasteiger partial charge on any atom is -0.458 e. The standard InChI is InChI=1S/C49H27BN2O4/c1-2-8-28(9-3-1)29-15-19-39-36(25-29)46-33-10-4-6-12-40(33)56-49(46)52(39)32-17-21-42-35(27-32)34-24-30(16-20-41(34)53-42)31-14-18-38-45(26-31)55-48-47-44(22-23-51-48)54-43-13-7-5-11-37(43)50(38)47/h1-27H. The molecule has 0 bridgehead atoms. The first-order valence-corrected chi connectivity index (χ1v) is 18.8. The first kappa shape index (κ1) is 29.9. The van der Waals surface area contributed by atoms with Gasteiger partial charge in [0.1, 0.15) is 34.0 Å². The van der Waals surface area contributed by atoms with Crippen LogP contribution in [0.1, 0.15) is 0 Å². The van der Waals surface area contributed by atoms with Gasteiger partial charge < -0.3 is 18.3 Å². The summed E-state index contributed by atoms with van der Waals surface area (Å²) in [7, 11) is 0. The third-order valence-electron chi connectivity index (χ3n) is 11.6. The average Bonchev–Trinajstić information content (AvgIpc) is 3.91.